The molecular weight excluding hydrogens is 392 g/mol. The van der Waals surface area contributed by atoms with Crippen molar-refractivity contribution in [3.05, 3.63) is 76.3 Å². The van der Waals surface area contributed by atoms with Gasteiger partial charge in [-0.25, -0.2) is 0 Å². The summed E-state index contributed by atoms with van der Waals surface area (Å²) in [5.74, 6) is 0.694. The fraction of sp³-hybridized carbons (Fsp3) is 0.238. The van der Waals surface area contributed by atoms with Gasteiger partial charge in [-0.15, -0.1) is 0 Å². The summed E-state index contributed by atoms with van der Waals surface area (Å²) in [6.07, 6.45) is 3.89. The molecule has 0 aliphatic heterocycles. The highest BCUT2D eigenvalue weighted by molar-refractivity contribution is 9.10. The third kappa shape index (κ3) is 5.83. The van der Waals surface area contributed by atoms with Crippen LogP contribution in [-0.4, -0.2) is 36.9 Å². The Balaban J connectivity index is 1.85. The Bertz CT molecular complexity index is 792. The second-order valence-corrected chi connectivity index (χ2v) is 6.80. The van der Waals surface area contributed by atoms with Crippen molar-refractivity contribution in [1.29, 1.82) is 5.26 Å². The molecule has 0 heterocycles. The molecule has 0 aliphatic rings. The van der Waals surface area contributed by atoms with Gasteiger partial charge in [-0.2, -0.15) is 5.26 Å². The number of carbonyl (C=O) groups is 1. The van der Waals surface area contributed by atoms with E-state index in [4.69, 9.17) is 10.00 Å². The van der Waals surface area contributed by atoms with E-state index in [2.05, 4.69) is 22.0 Å². The molecule has 0 spiro atoms. The molecule has 2 aromatic rings. The Morgan fingerprint density at radius 1 is 1.15 bits per heavy atom. The van der Waals surface area contributed by atoms with Gasteiger partial charge in [0.2, 0.25) is 0 Å². The highest BCUT2D eigenvalue weighted by atomic mass is 79.9. The number of rotatable bonds is 8. The first kappa shape index (κ1) is 19.9. The molecule has 0 amide bonds. The molecule has 2 rings (SSSR count). The fourth-order valence-corrected chi connectivity index (χ4v) is 2.44. The number of nitriles is 1. The SMILES string of the molecule is CC(C#N)N(C)C/C=C/COc1ccc(C(=O)c2ccc(Br)cc2)cc1. The van der Waals surface area contributed by atoms with Gasteiger partial charge < -0.3 is 4.74 Å². The molecule has 0 N–H and O–H groups in total. The van der Waals surface area contributed by atoms with Gasteiger partial charge in [0.25, 0.3) is 0 Å². The van der Waals surface area contributed by atoms with Crippen molar-refractivity contribution in [2.24, 2.45) is 0 Å². The molecule has 0 saturated carbocycles. The lowest BCUT2D eigenvalue weighted by Gasteiger charge is -2.16. The van der Waals surface area contributed by atoms with Crippen LogP contribution in [0.4, 0.5) is 0 Å². The molecule has 0 saturated heterocycles. The van der Waals surface area contributed by atoms with Crippen LogP contribution in [0.5, 0.6) is 5.75 Å². The van der Waals surface area contributed by atoms with Crippen molar-refractivity contribution in [2.75, 3.05) is 20.2 Å². The molecule has 0 aliphatic carbocycles. The summed E-state index contributed by atoms with van der Waals surface area (Å²) in [5.41, 5.74) is 1.28. The Labute approximate surface area is 162 Å². The predicted molar refractivity (Wildman–Crippen MR) is 106 cm³/mol. The minimum absolute atomic E-state index is 0.0152. The standard InChI is InChI=1S/C21H21BrN2O2/c1-16(15-23)24(2)13-3-4-14-26-20-11-7-18(8-12-20)21(25)17-5-9-19(22)10-6-17/h3-12,16H,13-14H2,1-2H3/b4-3+. The van der Waals surface area contributed by atoms with Gasteiger partial charge in [-0.05, 0) is 62.5 Å². The Kier molecular flexibility index (Phi) is 7.58. The average molecular weight is 413 g/mol. The van der Waals surface area contributed by atoms with Gasteiger partial charge in [0.15, 0.2) is 5.78 Å². The molecule has 134 valence electrons. The van der Waals surface area contributed by atoms with E-state index >= 15 is 0 Å². The number of hydrogen-bond donors (Lipinski definition) is 0. The van der Waals surface area contributed by atoms with E-state index in [1.165, 1.54) is 0 Å². The van der Waals surface area contributed by atoms with E-state index in [-0.39, 0.29) is 11.8 Å². The van der Waals surface area contributed by atoms with Crippen LogP contribution < -0.4 is 4.74 Å². The van der Waals surface area contributed by atoms with E-state index in [1.807, 2.05) is 43.2 Å². The lowest BCUT2D eigenvalue weighted by molar-refractivity contribution is 0.103. The fourth-order valence-electron chi connectivity index (χ4n) is 2.18. The second kappa shape index (κ2) is 9.91. The van der Waals surface area contributed by atoms with Gasteiger partial charge in [0.1, 0.15) is 12.4 Å². The molecule has 1 atom stereocenters. The smallest absolute Gasteiger partial charge is 0.193 e. The first-order chi connectivity index (χ1) is 12.5. The maximum atomic E-state index is 12.4. The van der Waals surface area contributed by atoms with Gasteiger partial charge in [0, 0.05) is 22.1 Å². The van der Waals surface area contributed by atoms with Gasteiger partial charge >= 0.3 is 0 Å². The topological polar surface area (TPSA) is 53.3 Å². The van der Waals surface area contributed by atoms with Crippen LogP contribution in [0.15, 0.2) is 65.2 Å². The molecule has 4 nitrogen and oxygen atoms in total. The molecule has 26 heavy (non-hydrogen) atoms. The highest BCUT2D eigenvalue weighted by Crippen LogP contribution is 2.17. The molecule has 5 heteroatoms. The van der Waals surface area contributed by atoms with E-state index in [0.29, 0.717) is 30.0 Å². The second-order valence-electron chi connectivity index (χ2n) is 5.89. The lowest BCUT2D eigenvalue weighted by Crippen LogP contribution is -2.27. The van der Waals surface area contributed by atoms with Crippen LogP contribution >= 0.6 is 15.9 Å². The van der Waals surface area contributed by atoms with E-state index in [9.17, 15) is 4.79 Å². The molecule has 0 bridgehead atoms. The number of ketones is 1. The average Bonchev–Trinajstić information content (AvgIpc) is 2.67. The Morgan fingerprint density at radius 3 is 2.31 bits per heavy atom. The maximum Gasteiger partial charge on any atom is 0.193 e. The monoisotopic (exact) mass is 412 g/mol. The number of benzene rings is 2. The summed E-state index contributed by atoms with van der Waals surface area (Å²) in [6.45, 7) is 2.99. The van der Waals surface area contributed by atoms with Crippen LogP contribution in [-0.2, 0) is 0 Å². The summed E-state index contributed by atoms with van der Waals surface area (Å²) >= 11 is 3.36. The minimum atomic E-state index is -0.114. The largest absolute Gasteiger partial charge is 0.490 e. The first-order valence-electron chi connectivity index (χ1n) is 8.29. The van der Waals surface area contributed by atoms with Crippen LogP contribution in [0.25, 0.3) is 0 Å². The molecule has 0 fully saturated rings. The highest BCUT2D eigenvalue weighted by Gasteiger charge is 2.09. The lowest BCUT2D eigenvalue weighted by atomic mass is 10.0. The minimum Gasteiger partial charge on any atom is -0.490 e. The summed E-state index contributed by atoms with van der Waals surface area (Å²) in [4.78, 5) is 14.4. The van der Waals surface area contributed by atoms with Gasteiger partial charge in [-0.3, -0.25) is 9.69 Å². The van der Waals surface area contributed by atoms with E-state index in [0.717, 1.165) is 4.47 Å². The normalized spacial score (nSPS) is 12.1. The van der Waals surface area contributed by atoms with Crippen molar-refractivity contribution in [2.45, 2.75) is 13.0 Å². The van der Waals surface area contributed by atoms with Crippen molar-refractivity contribution in [3.63, 3.8) is 0 Å². The zero-order valence-corrected chi connectivity index (χ0v) is 16.4. The van der Waals surface area contributed by atoms with E-state index < -0.39 is 0 Å². The Morgan fingerprint density at radius 2 is 1.73 bits per heavy atom. The van der Waals surface area contributed by atoms with Gasteiger partial charge in [0.05, 0.1) is 12.1 Å². The summed E-state index contributed by atoms with van der Waals surface area (Å²) in [6, 6.07) is 16.5. The number of halogens is 1. The third-order valence-electron chi connectivity index (χ3n) is 3.98. The number of hydrogen-bond acceptors (Lipinski definition) is 4. The molecule has 0 aromatic heterocycles. The molecular formula is C21H21BrN2O2. The number of nitrogens with zero attached hydrogens (tertiary/aromatic N) is 2. The number of carbonyl (C=O) groups excluding carboxylic acids is 1. The first-order valence-corrected chi connectivity index (χ1v) is 9.08. The van der Waals surface area contributed by atoms with Crippen LogP contribution in [0.1, 0.15) is 22.8 Å². The van der Waals surface area contributed by atoms with Crippen LogP contribution in [0.3, 0.4) is 0 Å². The Hall–Kier alpha value is -2.42. The zero-order chi connectivity index (χ0) is 18.9. The number of ether oxygens (including phenoxy) is 1. The summed E-state index contributed by atoms with van der Waals surface area (Å²) in [7, 11) is 1.90. The zero-order valence-electron chi connectivity index (χ0n) is 14.9. The molecule has 2 aromatic carbocycles. The van der Waals surface area contributed by atoms with Crippen LogP contribution in [0, 0.1) is 11.3 Å². The van der Waals surface area contributed by atoms with Crippen LogP contribution in [0.2, 0.25) is 0 Å². The van der Waals surface area contributed by atoms with Gasteiger partial charge in [-0.1, -0.05) is 28.1 Å². The molecule has 0 radical (unpaired) electrons. The quantitative estimate of drug-likeness (QED) is 0.474. The molecule has 1 unspecified atom stereocenters. The summed E-state index contributed by atoms with van der Waals surface area (Å²) in [5, 5.41) is 8.84. The number of likely N-dealkylation sites (N-methyl/N-ethyl adjacent to an activating group) is 1. The maximum absolute atomic E-state index is 12.4. The van der Waals surface area contributed by atoms with Crippen molar-refractivity contribution in [1.82, 2.24) is 4.90 Å². The predicted octanol–water partition coefficient (Wildman–Crippen LogP) is 4.46. The third-order valence-corrected chi connectivity index (χ3v) is 4.51. The summed E-state index contributed by atoms with van der Waals surface area (Å²) < 4.78 is 6.59. The van der Waals surface area contributed by atoms with Crippen molar-refractivity contribution < 1.29 is 9.53 Å². The van der Waals surface area contributed by atoms with Crippen molar-refractivity contribution in [3.8, 4) is 11.8 Å². The van der Waals surface area contributed by atoms with Crippen molar-refractivity contribution >= 4 is 21.7 Å². The van der Waals surface area contributed by atoms with E-state index in [1.54, 1.807) is 36.4 Å².